The van der Waals surface area contributed by atoms with Crippen molar-refractivity contribution in [3.05, 3.63) is 50.9 Å². The molecule has 0 atom stereocenters. The van der Waals surface area contributed by atoms with Crippen LogP contribution in [0.1, 0.15) is 12.0 Å². The summed E-state index contributed by atoms with van der Waals surface area (Å²) in [4.78, 5) is 0. The Balaban J connectivity index is 2.38. The second-order valence-corrected chi connectivity index (χ2v) is 5.67. The van der Waals surface area contributed by atoms with Gasteiger partial charge < -0.3 is 11.1 Å². The largest absolute Gasteiger partial charge is 0.399 e. The molecule has 0 aliphatic carbocycles. The second kappa shape index (κ2) is 5.88. The molecule has 0 heterocycles. The highest BCUT2D eigenvalue weighted by atomic mass is 79.9. The van der Waals surface area contributed by atoms with E-state index in [1.165, 1.54) is 6.07 Å². The summed E-state index contributed by atoms with van der Waals surface area (Å²) in [6.07, 6.45) is -2.58. The molecule has 0 amide bonds. The van der Waals surface area contributed by atoms with Crippen molar-refractivity contribution >= 4 is 48.9 Å². The maximum atomic E-state index is 13.0. The van der Waals surface area contributed by atoms with E-state index in [1.54, 1.807) is 18.2 Å². The fourth-order valence-electron chi connectivity index (χ4n) is 1.61. The lowest BCUT2D eigenvalue weighted by molar-refractivity contribution is 0.152. The number of alkyl halides is 2. The maximum Gasteiger partial charge on any atom is 0.265 e. The van der Waals surface area contributed by atoms with Crippen LogP contribution in [0.5, 0.6) is 0 Å². The number of rotatable bonds is 3. The van der Waals surface area contributed by atoms with Crippen molar-refractivity contribution in [1.82, 2.24) is 0 Å². The van der Waals surface area contributed by atoms with Crippen LogP contribution >= 0.6 is 31.9 Å². The first-order chi connectivity index (χ1) is 8.97. The summed E-state index contributed by atoms with van der Waals surface area (Å²) in [6, 6.07) is 9.86. The van der Waals surface area contributed by atoms with E-state index < -0.39 is 6.43 Å². The standard InChI is InChI=1S/C13H10Br2F2N2/c14-7-1-3-12(10(15)5-7)19-11-4-2-8(18)6-9(11)13(16)17/h1-6,13,19H,18H2. The molecule has 19 heavy (non-hydrogen) atoms. The molecule has 2 aromatic rings. The summed E-state index contributed by atoms with van der Waals surface area (Å²) in [7, 11) is 0. The van der Waals surface area contributed by atoms with Crippen LogP contribution in [0.2, 0.25) is 0 Å². The Morgan fingerprint density at radius 3 is 2.32 bits per heavy atom. The quantitative estimate of drug-likeness (QED) is 0.680. The molecule has 0 aromatic heterocycles. The normalized spacial score (nSPS) is 10.8. The third-order valence-electron chi connectivity index (χ3n) is 2.51. The third-order valence-corrected chi connectivity index (χ3v) is 3.66. The van der Waals surface area contributed by atoms with E-state index in [1.807, 2.05) is 12.1 Å². The van der Waals surface area contributed by atoms with Crippen molar-refractivity contribution in [2.24, 2.45) is 0 Å². The van der Waals surface area contributed by atoms with Crippen LogP contribution in [0.3, 0.4) is 0 Å². The van der Waals surface area contributed by atoms with E-state index in [2.05, 4.69) is 37.2 Å². The average molecular weight is 392 g/mol. The van der Waals surface area contributed by atoms with Gasteiger partial charge in [0.05, 0.1) is 5.69 Å². The average Bonchev–Trinajstić information content (AvgIpc) is 2.34. The number of anilines is 3. The number of hydrogen-bond acceptors (Lipinski definition) is 2. The maximum absolute atomic E-state index is 13.0. The van der Waals surface area contributed by atoms with Crippen molar-refractivity contribution < 1.29 is 8.78 Å². The Labute approximate surface area is 126 Å². The van der Waals surface area contributed by atoms with Crippen LogP contribution in [0.25, 0.3) is 0 Å². The van der Waals surface area contributed by atoms with Crippen LogP contribution in [-0.2, 0) is 0 Å². The van der Waals surface area contributed by atoms with Gasteiger partial charge in [0, 0.05) is 25.9 Å². The smallest absolute Gasteiger partial charge is 0.265 e. The molecule has 0 bridgehead atoms. The second-order valence-electron chi connectivity index (χ2n) is 3.90. The van der Waals surface area contributed by atoms with Crippen LogP contribution in [0.4, 0.5) is 25.8 Å². The molecule has 2 aromatic carbocycles. The number of hydrogen-bond donors (Lipinski definition) is 2. The molecule has 0 saturated heterocycles. The molecule has 0 fully saturated rings. The molecule has 2 nitrogen and oxygen atoms in total. The van der Waals surface area contributed by atoms with E-state index >= 15 is 0 Å². The molecule has 0 radical (unpaired) electrons. The fourth-order valence-corrected chi connectivity index (χ4v) is 2.76. The van der Waals surface area contributed by atoms with Gasteiger partial charge in [-0.05, 0) is 52.3 Å². The summed E-state index contributed by atoms with van der Waals surface area (Å²) in [6.45, 7) is 0. The predicted octanol–water partition coefficient (Wildman–Crippen LogP) is 5.48. The van der Waals surface area contributed by atoms with Gasteiger partial charge in [0.15, 0.2) is 0 Å². The number of nitrogens with two attached hydrogens (primary N) is 1. The van der Waals surface area contributed by atoms with Crippen molar-refractivity contribution in [3.8, 4) is 0 Å². The fraction of sp³-hybridized carbons (Fsp3) is 0.0769. The Morgan fingerprint density at radius 2 is 1.68 bits per heavy atom. The van der Waals surface area contributed by atoms with Gasteiger partial charge in [-0.1, -0.05) is 15.9 Å². The van der Waals surface area contributed by atoms with Gasteiger partial charge in [0.25, 0.3) is 6.43 Å². The molecular weight excluding hydrogens is 382 g/mol. The molecule has 0 spiro atoms. The first-order valence-corrected chi connectivity index (χ1v) is 6.95. The first-order valence-electron chi connectivity index (χ1n) is 5.37. The molecule has 2 rings (SSSR count). The number of benzene rings is 2. The summed E-state index contributed by atoms with van der Waals surface area (Å²) in [5, 5.41) is 2.97. The van der Waals surface area contributed by atoms with Gasteiger partial charge in [-0.15, -0.1) is 0 Å². The number of halogens is 4. The van der Waals surface area contributed by atoms with E-state index in [0.717, 1.165) is 8.95 Å². The van der Waals surface area contributed by atoms with Gasteiger partial charge in [-0.2, -0.15) is 0 Å². The molecular formula is C13H10Br2F2N2. The minimum atomic E-state index is -2.58. The number of nitrogen functional groups attached to an aromatic ring is 1. The zero-order valence-corrected chi connectivity index (χ0v) is 12.8. The van der Waals surface area contributed by atoms with Gasteiger partial charge >= 0.3 is 0 Å². The highest BCUT2D eigenvalue weighted by Gasteiger charge is 2.14. The lowest BCUT2D eigenvalue weighted by Gasteiger charge is -2.13. The monoisotopic (exact) mass is 390 g/mol. The van der Waals surface area contributed by atoms with Crippen LogP contribution < -0.4 is 11.1 Å². The highest BCUT2D eigenvalue weighted by Crippen LogP contribution is 2.34. The predicted molar refractivity (Wildman–Crippen MR) is 80.9 cm³/mol. The first kappa shape index (κ1) is 14.3. The Morgan fingerprint density at radius 1 is 1.00 bits per heavy atom. The van der Waals surface area contributed by atoms with E-state index in [4.69, 9.17) is 5.73 Å². The minimum Gasteiger partial charge on any atom is -0.399 e. The van der Waals surface area contributed by atoms with Crippen molar-refractivity contribution in [2.75, 3.05) is 11.1 Å². The summed E-state index contributed by atoms with van der Waals surface area (Å²) in [5.74, 6) is 0. The van der Waals surface area contributed by atoms with Crippen LogP contribution in [0, 0.1) is 0 Å². The summed E-state index contributed by atoms with van der Waals surface area (Å²) < 4.78 is 27.6. The van der Waals surface area contributed by atoms with E-state index in [-0.39, 0.29) is 5.56 Å². The molecule has 0 saturated carbocycles. The van der Waals surface area contributed by atoms with Crippen molar-refractivity contribution in [3.63, 3.8) is 0 Å². The SMILES string of the molecule is Nc1ccc(Nc2ccc(Br)cc2Br)c(C(F)F)c1. The molecule has 3 N–H and O–H groups in total. The van der Waals surface area contributed by atoms with Gasteiger partial charge in [-0.25, -0.2) is 8.78 Å². The molecule has 0 aliphatic heterocycles. The molecule has 0 unspecified atom stereocenters. The van der Waals surface area contributed by atoms with E-state index in [9.17, 15) is 8.78 Å². The van der Waals surface area contributed by atoms with Crippen molar-refractivity contribution in [2.45, 2.75) is 6.43 Å². The summed E-state index contributed by atoms with van der Waals surface area (Å²) >= 11 is 6.71. The highest BCUT2D eigenvalue weighted by molar-refractivity contribution is 9.11. The Hall–Kier alpha value is -1.14. The lowest BCUT2D eigenvalue weighted by atomic mass is 10.1. The summed E-state index contributed by atoms with van der Waals surface area (Å²) in [5.41, 5.74) is 6.78. The third kappa shape index (κ3) is 3.45. The Kier molecular flexibility index (Phi) is 4.42. The van der Waals surface area contributed by atoms with Gasteiger partial charge in [0.1, 0.15) is 0 Å². The molecule has 0 aliphatic rings. The van der Waals surface area contributed by atoms with Gasteiger partial charge in [-0.3, -0.25) is 0 Å². The molecule has 100 valence electrons. The van der Waals surface area contributed by atoms with E-state index in [0.29, 0.717) is 17.1 Å². The zero-order valence-electron chi connectivity index (χ0n) is 9.63. The topological polar surface area (TPSA) is 38.0 Å². The van der Waals surface area contributed by atoms with Gasteiger partial charge in [0.2, 0.25) is 0 Å². The Bertz CT molecular complexity index is 603. The van der Waals surface area contributed by atoms with Crippen LogP contribution in [0.15, 0.2) is 45.3 Å². The minimum absolute atomic E-state index is 0.116. The number of nitrogens with one attached hydrogen (secondary N) is 1. The lowest BCUT2D eigenvalue weighted by Crippen LogP contribution is -1.99. The van der Waals surface area contributed by atoms with Crippen molar-refractivity contribution in [1.29, 1.82) is 0 Å². The van der Waals surface area contributed by atoms with Crippen LogP contribution in [-0.4, -0.2) is 0 Å². The molecule has 6 heteroatoms. The zero-order chi connectivity index (χ0) is 14.0.